The van der Waals surface area contributed by atoms with Crippen LogP contribution in [0, 0.1) is 26.0 Å². The molecule has 263 valence electrons. The Balaban J connectivity index is 0.000000195. The van der Waals surface area contributed by atoms with Gasteiger partial charge in [-0.05, 0) is 59.3 Å². The third-order valence-corrected chi connectivity index (χ3v) is 11.6. The van der Waals surface area contributed by atoms with Crippen molar-refractivity contribution in [2.45, 2.75) is 33.5 Å². The summed E-state index contributed by atoms with van der Waals surface area (Å²) in [5, 5.41) is 3.61. The van der Waals surface area contributed by atoms with Gasteiger partial charge in [-0.25, -0.2) is 0 Å². The Labute approximate surface area is 325 Å². The summed E-state index contributed by atoms with van der Waals surface area (Å²) < 4.78 is 8.54. The fraction of sp³-hybridized carbons (Fsp3) is 0.106. The van der Waals surface area contributed by atoms with E-state index in [9.17, 15) is 0 Å². The molecule has 3 heterocycles. The van der Waals surface area contributed by atoms with E-state index in [4.69, 9.17) is 9.40 Å². The molecule has 0 aliphatic heterocycles. The third kappa shape index (κ3) is 7.19. The van der Waals surface area contributed by atoms with E-state index >= 15 is 0 Å². The summed E-state index contributed by atoms with van der Waals surface area (Å²) in [7, 11) is -1.28. The number of hydrogen-bond acceptors (Lipinski definition) is 3. The summed E-state index contributed by atoms with van der Waals surface area (Å²) in [5.41, 5.74) is 12.6. The maximum absolute atomic E-state index is 6.33. The molecular weight excluding hydrogens is 843 g/mol. The van der Waals surface area contributed by atoms with Crippen molar-refractivity contribution in [2.24, 2.45) is 0 Å². The van der Waals surface area contributed by atoms with Gasteiger partial charge in [-0.15, -0.1) is 53.6 Å². The molecule has 0 N–H and O–H groups in total. The molecule has 0 saturated heterocycles. The molecule has 0 amide bonds. The van der Waals surface area contributed by atoms with Crippen LogP contribution in [-0.2, 0) is 20.1 Å². The Morgan fingerprint density at radius 1 is 0.698 bits per heavy atom. The van der Waals surface area contributed by atoms with Crippen molar-refractivity contribution >= 4 is 46.2 Å². The molecule has 0 aliphatic carbocycles. The molecule has 0 saturated carbocycles. The fourth-order valence-corrected chi connectivity index (χ4v) is 8.62. The van der Waals surface area contributed by atoms with Crippen LogP contribution in [0.25, 0.3) is 72.4 Å². The van der Waals surface area contributed by atoms with Crippen molar-refractivity contribution in [3.8, 4) is 39.5 Å². The van der Waals surface area contributed by atoms with E-state index in [0.717, 1.165) is 66.9 Å². The zero-order chi connectivity index (χ0) is 35.8. The standard InChI is InChI=1S/C31H19N2O.C16H20NSi.Ir/c1-2-10-21(11-3-1)22-12-8-13-23(20-22)33-28-18-6-5-17-27(28)32-31(33)26-16-9-15-25-24-14-4-7-19-29(24)34-30(25)26;1-12-6-8-14(9-7-12)15-10-13(2)16(11-17-15)18(3,4)5;/h1-15,17-20H;6-8,10-11H,1-5H3;/q2*-1;. The number of aryl methyl sites for hydroxylation is 2. The number of aromatic nitrogens is 3. The smallest absolute Gasteiger partial charge is 0.120 e. The molecule has 0 atom stereocenters. The Kier molecular flexibility index (Phi) is 10.1. The van der Waals surface area contributed by atoms with E-state index in [1.807, 2.05) is 42.5 Å². The van der Waals surface area contributed by atoms with Gasteiger partial charge in [-0.3, -0.25) is 4.98 Å². The molecule has 3 aromatic heterocycles. The molecule has 53 heavy (non-hydrogen) atoms. The SMILES string of the molecule is Cc1c[c-]c(-c2cc(C)c([Si](C)(C)C)cn2)cc1.[Ir].[c-]1ccc2c(oc3ccccc32)c1-c1nc2ccccc2n1-c1cccc(-c2ccccc2)c1. The molecule has 0 fully saturated rings. The first-order valence-corrected chi connectivity index (χ1v) is 21.2. The predicted molar refractivity (Wildman–Crippen MR) is 219 cm³/mol. The minimum Gasteiger partial charge on any atom is -0.501 e. The third-order valence-electron chi connectivity index (χ3n) is 9.50. The van der Waals surface area contributed by atoms with Gasteiger partial charge < -0.3 is 14.0 Å². The molecule has 9 rings (SSSR count). The molecule has 9 aromatic rings. The molecule has 0 bridgehead atoms. The molecule has 0 aliphatic rings. The predicted octanol–water partition coefficient (Wildman–Crippen LogP) is 11.8. The first-order valence-electron chi connectivity index (χ1n) is 17.7. The van der Waals surface area contributed by atoms with Gasteiger partial charge in [0, 0.05) is 37.4 Å². The van der Waals surface area contributed by atoms with E-state index < -0.39 is 8.07 Å². The van der Waals surface area contributed by atoms with Crippen molar-refractivity contribution in [1.29, 1.82) is 0 Å². The summed E-state index contributed by atoms with van der Waals surface area (Å²) in [6.45, 7) is 11.3. The number of benzene rings is 6. The van der Waals surface area contributed by atoms with Crippen LogP contribution in [0.3, 0.4) is 0 Å². The van der Waals surface area contributed by atoms with Crippen LogP contribution in [-0.4, -0.2) is 22.6 Å². The number of fused-ring (bicyclic) bond motifs is 4. The van der Waals surface area contributed by atoms with Gasteiger partial charge in [-0.1, -0.05) is 122 Å². The number of rotatable bonds is 5. The second-order valence-electron chi connectivity index (χ2n) is 14.3. The van der Waals surface area contributed by atoms with Gasteiger partial charge in [0.1, 0.15) is 5.58 Å². The number of furan rings is 1. The van der Waals surface area contributed by atoms with E-state index in [0.29, 0.717) is 0 Å². The average molecular weight is 882 g/mol. The molecule has 0 unspecified atom stereocenters. The quantitative estimate of drug-likeness (QED) is 0.128. The second kappa shape index (κ2) is 14.9. The minimum atomic E-state index is -1.28. The molecule has 4 nitrogen and oxygen atoms in total. The van der Waals surface area contributed by atoms with E-state index in [-0.39, 0.29) is 20.1 Å². The van der Waals surface area contributed by atoms with Crippen LogP contribution in [0.15, 0.2) is 150 Å². The summed E-state index contributed by atoms with van der Waals surface area (Å²) in [4.78, 5) is 9.66. The summed E-state index contributed by atoms with van der Waals surface area (Å²) in [6, 6.07) is 54.5. The Hall–Kier alpha value is -5.39. The van der Waals surface area contributed by atoms with Gasteiger partial charge in [0.2, 0.25) is 0 Å². The van der Waals surface area contributed by atoms with Gasteiger partial charge >= 0.3 is 0 Å². The second-order valence-corrected chi connectivity index (χ2v) is 19.3. The minimum absolute atomic E-state index is 0. The van der Waals surface area contributed by atoms with Gasteiger partial charge in [0.05, 0.1) is 30.5 Å². The van der Waals surface area contributed by atoms with Crippen LogP contribution in [0.4, 0.5) is 0 Å². The van der Waals surface area contributed by atoms with E-state index in [1.54, 1.807) is 0 Å². The maximum atomic E-state index is 6.33. The van der Waals surface area contributed by atoms with Crippen molar-refractivity contribution < 1.29 is 24.5 Å². The van der Waals surface area contributed by atoms with Crippen LogP contribution in [0.1, 0.15) is 11.1 Å². The molecule has 0 spiro atoms. The van der Waals surface area contributed by atoms with Crippen LogP contribution in [0.2, 0.25) is 19.6 Å². The summed E-state index contributed by atoms with van der Waals surface area (Å²) in [5.74, 6) is 0.816. The van der Waals surface area contributed by atoms with Gasteiger partial charge in [0.15, 0.2) is 0 Å². The number of imidazole rings is 1. The Morgan fingerprint density at radius 2 is 1.45 bits per heavy atom. The number of hydrogen-bond donors (Lipinski definition) is 0. The average Bonchev–Trinajstić information content (AvgIpc) is 3.74. The molecule has 6 aromatic carbocycles. The van der Waals surface area contributed by atoms with Crippen molar-refractivity contribution in [2.75, 3.05) is 0 Å². The molecular formula is C47H39IrN3OSi-2. The van der Waals surface area contributed by atoms with Gasteiger partial charge in [-0.2, -0.15) is 0 Å². The monoisotopic (exact) mass is 882 g/mol. The summed E-state index contributed by atoms with van der Waals surface area (Å²) in [6.07, 6.45) is 2.06. The number of nitrogens with zero attached hydrogens (tertiary/aromatic N) is 3. The Bertz CT molecular complexity index is 2690. The van der Waals surface area contributed by atoms with Crippen molar-refractivity contribution in [3.63, 3.8) is 0 Å². The van der Waals surface area contributed by atoms with E-state index in [1.165, 1.54) is 21.9 Å². The number of para-hydroxylation sites is 3. The topological polar surface area (TPSA) is 43.9 Å². The van der Waals surface area contributed by atoms with Crippen molar-refractivity contribution in [3.05, 3.63) is 169 Å². The first kappa shape index (κ1) is 36.0. The molecule has 1 radical (unpaired) electrons. The van der Waals surface area contributed by atoms with Gasteiger partial charge in [0.25, 0.3) is 0 Å². The van der Waals surface area contributed by atoms with Crippen molar-refractivity contribution in [1.82, 2.24) is 14.5 Å². The first-order chi connectivity index (χ1) is 25.2. The van der Waals surface area contributed by atoms with Crippen LogP contribution < -0.4 is 5.19 Å². The van der Waals surface area contributed by atoms with Crippen LogP contribution >= 0.6 is 0 Å². The fourth-order valence-electron chi connectivity index (χ4n) is 6.92. The largest absolute Gasteiger partial charge is 0.501 e. The zero-order valence-electron chi connectivity index (χ0n) is 30.4. The number of pyridine rings is 1. The summed E-state index contributed by atoms with van der Waals surface area (Å²) >= 11 is 0. The zero-order valence-corrected chi connectivity index (χ0v) is 33.8. The van der Waals surface area contributed by atoms with Crippen LogP contribution in [0.5, 0.6) is 0 Å². The van der Waals surface area contributed by atoms with E-state index in [2.05, 4.69) is 158 Å². The Morgan fingerprint density at radius 3 is 2.23 bits per heavy atom. The molecule has 6 heteroatoms. The normalized spacial score (nSPS) is 11.3. The maximum Gasteiger partial charge on any atom is 0.120 e.